The van der Waals surface area contributed by atoms with Gasteiger partial charge in [-0.05, 0) is 0 Å². The fraction of sp³-hybridized carbons (Fsp3) is 0.429. The fourth-order valence-electron chi connectivity index (χ4n) is 0.756. The van der Waals surface area contributed by atoms with Gasteiger partial charge in [-0.15, -0.1) is 0 Å². The van der Waals surface area contributed by atoms with Crippen molar-refractivity contribution in [1.29, 1.82) is 0 Å². The minimum absolute atomic E-state index is 0.172. The molecule has 0 saturated carbocycles. The highest BCUT2D eigenvalue weighted by atomic mass is 16.5. The predicted octanol–water partition coefficient (Wildman–Crippen LogP) is 0.341. The van der Waals surface area contributed by atoms with Gasteiger partial charge in [0, 0.05) is 6.42 Å². The first kappa shape index (κ1) is 7.78. The lowest BCUT2D eigenvalue weighted by Crippen LogP contribution is -2.10. The van der Waals surface area contributed by atoms with Crippen LogP contribution in [0, 0.1) is 0 Å². The summed E-state index contributed by atoms with van der Waals surface area (Å²) in [6.07, 6.45) is 0.701. The molecule has 0 bridgehead atoms. The number of aromatic amines is 1. The molecule has 0 saturated heterocycles. The third-order valence-electron chi connectivity index (χ3n) is 1.31. The van der Waals surface area contributed by atoms with E-state index in [2.05, 4.69) is 9.97 Å². The number of nitrogens with zero attached hydrogens (tertiary/aromatic N) is 1. The van der Waals surface area contributed by atoms with Gasteiger partial charge in [-0.2, -0.15) is 0 Å². The van der Waals surface area contributed by atoms with Gasteiger partial charge in [-0.1, -0.05) is 6.92 Å². The first-order valence-electron chi connectivity index (χ1n) is 3.40. The number of methoxy groups -OCH3 is 1. The topological polar surface area (TPSA) is 55.0 Å². The quantitative estimate of drug-likeness (QED) is 0.668. The number of nitrogens with one attached hydrogen (secondary N) is 1. The van der Waals surface area contributed by atoms with Crippen molar-refractivity contribution in [3.05, 3.63) is 22.2 Å². The highest BCUT2D eigenvalue weighted by molar-refractivity contribution is 5.08. The van der Waals surface area contributed by atoms with E-state index in [-0.39, 0.29) is 5.56 Å². The number of hydrogen-bond donors (Lipinski definition) is 1. The monoisotopic (exact) mass is 154 g/mol. The molecule has 4 nitrogen and oxygen atoms in total. The zero-order chi connectivity index (χ0) is 8.27. The van der Waals surface area contributed by atoms with Crippen LogP contribution in [0.3, 0.4) is 0 Å². The van der Waals surface area contributed by atoms with Gasteiger partial charge in [0.2, 0.25) is 5.88 Å². The van der Waals surface area contributed by atoms with E-state index in [1.165, 1.54) is 13.2 Å². The average Bonchev–Trinajstić information content (AvgIpc) is 2.03. The summed E-state index contributed by atoms with van der Waals surface area (Å²) in [7, 11) is 1.49. The van der Waals surface area contributed by atoms with Crippen LogP contribution in [-0.2, 0) is 6.42 Å². The summed E-state index contributed by atoms with van der Waals surface area (Å²) in [6.45, 7) is 1.91. The lowest BCUT2D eigenvalue weighted by Gasteiger charge is -1.98. The van der Waals surface area contributed by atoms with E-state index in [9.17, 15) is 4.79 Å². The van der Waals surface area contributed by atoms with Crippen LogP contribution in [0.2, 0.25) is 0 Å². The minimum Gasteiger partial charge on any atom is -0.481 e. The first-order chi connectivity index (χ1) is 5.26. The molecule has 1 heterocycles. The van der Waals surface area contributed by atoms with Gasteiger partial charge < -0.3 is 9.72 Å². The van der Waals surface area contributed by atoms with Crippen molar-refractivity contribution in [1.82, 2.24) is 9.97 Å². The Morgan fingerprint density at radius 3 is 3.00 bits per heavy atom. The van der Waals surface area contributed by atoms with Gasteiger partial charge in [-0.25, -0.2) is 4.98 Å². The Hall–Kier alpha value is -1.32. The average molecular weight is 154 g/mol. The van der Waals surface area contributed by atoms with Crippen LogP contribution < -0.4 is 10.3 Å². The molecular weight excluding hydrogens is 144 g/mol. The Morgan fingerprint density at radius 2 is 2.45 bits per heavy atom. The maximum absolute atomic E-state index is 10.9. The molecule has 4 heteroatoms. The molecule has 0 amide bonds. The molecule has 1 aromatic rings. The summed E-state index contributed by atoms with van der Waals surface area (Å²) in [4.78, 5) is 17.4. The number of aromatic nitrogens is 2. The summed E-state index contributed by atoms with van der Waals surface area (Å²) in [6, 6.07) is 1.32. The van der Waals surface area contributed by atoms with Crippen molar-refractivity contribution in [2.24, 2.45) is 0 Å². The highest BCUT2D eigenvalue weighted by Gasteiger charge is 1.97. The third-order valence-corrected chi connectivity index (χ3v) is 1.31. The molecule has 0 unspecified atom stereocenters. The van der Waals surface area contributed by atoms with Crippen molar-refractivity contribution in [2.75, 3.05) is 7.11 Å². The third kappa shape index (κ3) is 1.80. The lowest BCUT2D eigenvalue weighted by atomic mass is 10.4. The van der Waals surface area contributed by atoms with E-state index >= 15 is 0 Å². The van der Waals surface area contributed by atoms with Crippen molar-refractivity contribution >= 4 is 0 Å². The van der Waals surface area contributed by atoms with E-state index in [0.717, 1.165) is 0 Å². The van der Waals surface area contributed by atoms with E-state index in [0.29, 0.717) is 18.1 Å². The number of rotatable bonds is 2. The molecule has 0 atom stereocenters. The number of hydrogen-bond acceptors (Lipinski definition) is 3. The Balaban J connectivity index is 3.12. The van der Waals surface area contributed by atoms with Gasteiger partial charge in [0.15, 0.2) is 0 Å². The van der Waals surface area contributed by atoms with E-state index in [1.807, 2.05) is 6.92 Å². The molecule has 1 N–H and O–H groups in total. The number of H-pyrrole nitrogens is 1. The van der Waals surface area contributed by atoms with Crippen molar-refractivity contribution in [3.8, 4) is 5.88 Å². The highest BCUT2D eigenvalue weighted by Crippen LogP contribution is 1.99. The maximum Gasteiger partial charge on any atom is 0.254 e. The van der Waals surface area contributed by atoms with Gasteiger partial charge >= 0.3 is 0 Å². The molecule has 0 aromatic carbocycles. The summed E-state index contributed by atoms with van der Waals surface area (Å²) >= 11 is 0. The van der Waals surface area contributed by atoms with Crippen LogP contribution in [0.4, 0.5) is 0 Å². The fourth-order valence-corrected chi connectivity index (χ4v) is 0.756. The molecule has 60 valence electrons. The smallest absolute Gasteiger partial charge is 0.254 e. The van der Waals surface area contributed by atoms with E-state index in [4.69, 9.17) is 4.74 Å². The Bertz CT molecular complexity index is 267. The molecular formula is C7H10N2O2. The normalized spacial score (nSPS) is 9.64. The van der Waals surface area contributed by atoms with Crippen LogP contribution in [0.1, 0.15) is 12.7 Å². The van der Waals surface area contributed by atoms with Crippen molar-refractivity contribution in [3.63, 3.8) is 0 Å². The predicted molar refractivity (Wildman–Crippen MR) is 40.8 cm³/mol. The van der Waals surface area contributed by atoms with Gasteiger partial charge in [-0.3, -0.25) is 4.79 Å². The molecule has 0 fully saturated rings. The van der Waals surface area contributed by atoms with Crippen LogP contribution in [-0.4, -0.2) is 17.1 Å². The second kappa shape index (κ2) is 3.18. The van der Waals surface area contributed by atoms with Crippen molar-refractivity contribution in [2.45, 2.75) is 13.3 Å². The SMILES string of the molecule is CCc1nc(OC)cc(=O)[nH]1. The maximum atomic E-state index is 10.9. The van der Waals surface area contributed by atoms with Crippen LogP contribution in [0.25, 0.3) is 0 Å². The molecule has 1 aromatic heterocycles. The molecule has 0 aliphatic carbocycles. The molecule has 0 radical (unpaired) electrons. The largest absolute Gasteiger partial charge is 0.481 e. The number of aryl methyl sites for hydroxylation is 1. The minimum atomic E-state index is -0.172. The zero-order valence-electron chi connectivity index (χ0n) is 6.55. The zero-order valence-corrected chi connectivity index (χ0v) is 6.55. The van der Waals surface area contributed by atoms with Gasteiger partial charge in [0.25, 0.3) is 5.56 Å². The Morgan fingerprint density at radius 1 is 1.73 bits per heavy atom. The van der Waals surface area contributed by atoms with Gasteiger partial charge in [0.1, 0.15) is 5.82 Å². The number of ether oxygens (including phenoxy) is 1. The summed E-state index contributed by atoms with van der Waals surface area (Å²) in [5, 5.41) is 0. The standard InChI is InChI=1S/C7H10N2O2/c1-3-5-8-6(10)4-7(9-5)11-2/h4H,3H2,1-2H3,(H,8,9,10). The van der Waals surface area contributed by atoms with Crippen LogP contribution in [0.5, 0.6) is 5.88 Å². The van der Waals surface area contributed by atoms with Gasteiger partial charge in [0.05, 0.1) is 13.2 Å². The Kier molecular flexibility index (Phi) is 2.25. The lowest BCUT2D eigenvalue weighted by molar-refractivity contribution is 0.394. The van der Waals surface area contributed by atoms with Crippen LogP contribution >= 0.6 is 0 Å². The van der Waals surface area contributed by atoms with Crippen LogP contribution in [0.15, 0.2) is 10.9 Å². The molecule has 0 spiro atoms. The van der Waals surface area contributed by atoms with Crippen molar-refractivity contribution < 1.29 is 4.74 Å². The summed E-state index contributed by atoms with van der Waals surface area (Å²) in [5.41, 5.74) is -0.172. The summed E-state index contributed by atoms with van der Waals surface area (Å²) in [5.74, 6) is 1.01. The first-order valence-corrected chi connectivity index (χ1v) is 3.40. The second-order valence-corrected chi connectivity index (χ2v) is 2.09. The van der Waals surface area contributed by atoms with E-state index < -0.39 is 0 Å². The molecule has 1 rings (SSSR count). The summed E-state index contributed by atoms with van der Waals surface area (Å²) < 4.78 is 4.81. The molecule has 0 aliphatic heterocycles. The molecule has 11 heavy (non-hydrogen) atoms. The molecule has 0 aliphatic rings. The Labute approximate surface area is 64.2 Å². The second-order valence-electron chi connectivity index (χ2n) is 2.09. The van der Waals surface area contributed by atoms with E-state index in [1.54, 1.807) is 0 Å².